The van der Waals surface area contributed by atoms with Crippen molar-refractivity contribution in [1.29, 1.82) is 0 Å². The summed E-state index contributed by atoms with van der Waals surface area (Å²) in [5.41, 5.74) is 1.96. The smallest absolute Gasteiger partial charge is 0.261 e. The topological polar surface area (TPSA) is 135 Å². The molecule has 9 nitrogen and oxygen atoms in total. The molecule has 1 aromatic heterocycles. The van der Waals surface area contributed by atoms with Gasteiger partial charge in [0.2, 0.25) is 5.91 Å². The molecule has 0 unspecified atom stereocenters. The number of rotatable bonds is 8. The van der Waals surface area contributed by atoms with Crippen molar-refractivity contribution < 1.29 is 21.6 Å². The molecule has 2 aromatic carbocycles. The molecule has 0 bridgehead atoms. The second-order valence-corrected chi connectivity index (χ2v) is 10.7. The third kappa shape index (κ3) is 5.48. The lowest BCUT2D eigenvalue weighted by atomic mass is 10.1. The van der Waals surface area contributed by atoms with E-state index >= 15 is 0 Å². The molecule has 0 saturated heterocycles. The SMILES string of the molecule is CCC(=O)Nc1ccc(S(=O)(=O)Nc2ccc(-c3ccc(S(=O)(=O)CC)nn3)cc2)cc1. The number of carbonyl (C=O) groups excluding carboxylic acids is 1. The summed E-state index contributed by atoms with van der Waals surface area (Å²) < 4.78 is 51.4. The molecule has 3 aromatic rings. The molecule has 0 spiro atoms. The zero-order chi connectivity index (χ0) is 23.4. The Morgan fingerprint density at radius 1 is 0.812 bits per heavy atom. The Labute approximate surface area is 186 Å². The lowest BCUT2D eigenvalue weighted by Gasteiger charge is -2.10. The standard InChI is InChI=1S/C21H22N4O5S2/c1-3-20(26)22-16-9-11-18(12-10-16)32(29,30)25-17-7-5-15(6-8-17)19-13-14-21(24-23-19)31(27,28)4-2/h5-14,25H,3-4H2,1-2H3,(H,22,26). The first-order valence-corrected chi connectivity index (χ1v) is 12.9. The molecule has 0 aliphatic carbocycles. The molecule has 1 heterocycles. The number of carbonyl (C=O) groups is 1. The average Bonchev–Trinajstić information content (AvgIpc) is 2.79. The van der Waals surface area contributed by atoms with Gasteiger partial charge in [-0.3, -0.25) is 9.52 Å². The van der Waals surface area contributed by atoms with Crippen LogP contribution in [0.3, 0.4) is 0 Å². The second-order valence-electron chi connectivity index (χ2n) is 6.77. The van der Waals surface area contributed by atoms with Crippen molar-refractivity contribution in [3.63, 3.8) is 0 Å². The van der Waals surface area contributed by atoms with Gasteiger partial charge in [-0.2, -0.15) is 0 Å². The Morgan fingerprint density at radius 3 is 1.97 bits per heavy atom. The first-order valence-electron chi connectivity index (χ1n) is 9.74. The van der Waals surface area contributed by atoms with Gasteiger partial charge in [0.05, 0.1) is 16.3 Å². The van der Waals surface area contributed by atoms with Gasteiger partial charge in [0, 0.05) is 23.4 Å². The number of nitrogens with one attached hydrogen (secondary N) is 2. The molecule has 0 aliphatic rings. The van der Waals surface area contributed by atoms with E-state index in [1.807, 2.05) is 0 Å². The number of amides is 1. The van der Waals surface area contributed by atoms with Gasteiger partial charge in [0.1, 0.15) is 0 Å². The first kappa shape index (κ1) is 23.4. The van der Waals surface area contributed by atoms with Crippen LogP contribution in [0.4, 0.5) is 11.4 Å². The van der Waals surface area contributed by atoms with Crippen molar-refractivity contribution in [3.05, 3.63) is 60.7 Å². The van der Waals surface area contributed by atoms with E-state index in [2.05, 4.69) is 20.2 Å². The number of hydrogen-bond acceptors (Lipinski definition) is 7. The zero-order valence-electron chi connectivity index (χ0n) is 17.4. The summed E-state index contributed by atoms with van der Waals surface area (Å²) in [5.74, 6) is -0.225. The molecule has 0 saturated carbocycles. The van der Waals surface area contributed by atoms with E-state index in [0.29, 0.717) is 29.1 Å². The van der Waals surface area contributed by atoms with Crippen LogP contribution < -0.4 is 10.0 Å². The molecule has 0 fully saturated rings. The van der Waals surface area contributed by atoms with E-state index in [9.17, 15) is 21.6 Å². The average molecular weight is 475 g/mol. The maximum absolute atomic E-state index is 12.6. The Morgan fingerprint density at radius 2 is 1.44 bits per heavy atom. The van der Waals surface area contributed by atoms with Gasteiger partial charge in [0.15, 0.2) is 14.9 Å². The molecule has 168 valence electrons. The van der Waals surface area contributed by atoms with Gasteiger partial charge in [0.25, 0.3) is 10.0 Å². The number of hydrogen-bond donors (Lipinski definition) is 2. The van der Waals surface area contributed by atoms with Crippen molar-refractivity contribution >= 4 is 37.1 Å². The number of sulfonamides is 1. The molecular formula is C21H22N4O5S2. The van der Waals surface area contributed by atoms with E-state index in [-0.39, 0.29) is 21.6 Å². The van der Waals surface area contributed by atoms with Crippen molar-refractivity contribution in [2.24, 2.45) is 0 Å². The van der Waals surface area contributed by atoms with Crippen LogP contribution >= 0.6 is 0 Å². The third-order valence-electron chi connectivity index (χ3n) is 4.54. The summed E-state index contributed by atoms with van der Waals surface area (Å²) in [6.07, 6.45) is 0.325. The molecule has 3 rings (SSSR count). The van der Waals surface area contributed by atoms with Gasteiger partial charge < -0.3 is 5.32 Å². The summed E-state index contributed by atoms with van der Waals surface area (Å²) in [7, 11) is -7.26. The van der Waals surface area contributed by atoms with Crippen LogP contribution in [0.25, 0.3) is 11.3 Å². The van der Waals surface area contributed by atoms with Crippen LogP contribution in [0, 0.1) is 0 Å². The van der Waals surface area contributed by atoms with Gasteiger partial charge in [-0.25, -0.2) is 16.8 Å². The maximum Gasteiger partial charge on any atom is 0.261 e. The lowest BCUT2D eigenvalue weighted by molar-refractivity contribution is -0.115. The van der Waals surface area contributed by atoms with Gasteiger partial charge in [-0.1, -0.05) is 26.0 Å². The fraction of sp³-hybridized carbons (Fsp3) is 0.190. The quantitative estimate of drug-likeness (QED) is 0.512. The third-order valence-corrected chi connectivity index (χ3v) is 7.55. The Kier molecular flexibility index (Phi) is 6.90. The van der Waals surface area contributed by atoms with Crippen molar-refractivity contribution in [1.82, 2.24) is 10.2 Å². The molecular weight excluding hydrogens is 452 g/mol. The van der Waals surface area contributed by atoms with Crippen LogP contribution in [-0.2, 0) is 24.7 Å². The predicted molar refractivity (Wildman–Crippen MR) is 121 cm³/mol. The van der Waals surface area contributed by atoms with E-state index in [4.69, 9.17) is 0 Å². The molecule has 32 heavy (non-hydrogen) atoms. The molecule has 11 heteroatoms. The highest BCUT2D eigenvalue weighted by Gasteiger charge is 2.16. The summed E-state index contributed by atoms with van der Waals surface area (Å²) in [4.78, 5) is 11.5. The predicted octanol–water partition coefficient (Wildman–Crippen LogP) is 3.09. The van der Waals surface area contributed by atoms with Crippen LogP contribution in [0.2, 0.25) is 0 Å². The highest BCUT2D eigenvalue weighted by molar-refractivity contribution is 7.92. The summed E-state index contributed by atoms with van der Waals surface area (Å²) >= 11 is 0. The largest absolute Gasteiger partial charge is 0.326 e. The number of anilines is 2. The van der Waals surface area contributed by atoms with Crippen molar-refractivity contribution in [2.45, 2.75) is 30.2 Å². The molecule has 0 aliphatic heterocycles. The van der Waals surface area contributed by atoms with E-state index in [0.717, 1.165) is 0 Å². The highest BCUT2D eigenvalue weighted by Crippen LogP contribution is 2.23. The monoisotopic (exact) mass is 474 g/mol. The molecule has 2 N–H and O–H groups in total. The Hall–Kier alpha value is -3.31. The number of sulfone groups is 1. The fourth-order valence-corrected chi connectivity index (χ4v) is 4.47. The summed E-state index contributed by atoms with van der Waals surface area (Å²) in [6, 6.07) is 15.2. The fourth-order valence-electron chi connectivity index (χ4n) is 2.68. The van der Waals surface area contributed by atoms with E-state index in [1.165, 1.54) is 37.3 Å². The van der Waals surface area contributed by atoms with Crippen LogP contribution in [-0.4, -0.2) is 38.7 Å². The normalized spacial score (nSPS) is 11.7. The van der Waals surface area contributed by atoms with Gasteiger partial charge >= 0.3 is 0 Å². The Bertz CT molecular complexity index is 1300. The Balaban J connectivity index is 1.73. The minimum atomic E-state index is -3.82. The van der Waals surface area contributed by atoms with Crippen LogP contribution in [0.5, 0.6) is 0 Å². The van der Waals surface area contributed by atoms with Crippen molar-refractivity contribution in [3.8, 4) is 11.3 Å². The van der Waals surface area contributed by atoms with Crippen LogP contribution in [0.15, 0.2) is 70.6 Å². The summed E-state index contributed by atoms with van der Waals surface area (Å²) in [6.45, 7) is 3.26. The first-order chi connectivity index (χ1) is 15.1. The van der Waals surface area contributed by atoms with Gasteiger partial charge in [-0.15, -0.1) is 10.2 Å². The molecule has 0 atom stereocenters. The number of nitrogens with zero attached hydrogens (tertiary/aromatic N) is 2. The summed E-state index contributed by atoms with van der Waals surface area (Å²) in [5, 5.41) is 10.3. The minimum absolute atomic E-state index is 0.0506. The second kappa shape index (κ2) is 9.45. The number of benzene rings is 2. The van der Waals surface area contributed by atoms with Gasteiger partial charge in [-0.05, 0) is 48.5 Å². The van der Waals surface area contributed by atoms with Crippen molar-refractivity contribution in [2.75, 3.05) is 15.8 Å². The zero-order valence-corrected chi connectivity index (χ0v) is 19.1. The molecule has 1 amide bonds. The lowest BCUT2D eigenvalue weighted by Crippen LogP contribution is -2.13. The molecule has 0 radical (unpaired) electrons. The van der Waals surface area contributed by atoms with Crippen LogP contribution in [0.1, 0.15) is 20.3 Å². The highest BCUT2D eigenvalue weighted by atomic mass is 32.2. The minimum Gasteiger partial charge on any atom is -0.326 e. The van der Waals surface area contributed by atoms with E-state index < -0.39 is 19.9 Å². The number of aromatic nitrogens is 2. The maximum atomic E-state index is 12.6. The van der Waals surface area contributed by atoms with E-state index in [1.54, 1.807) is 37.3 Å².